The van der Waals surface area contributed by atoms with E-state index in [0.29, 0.717) is 18.5 Å². The van der Waals surface area contributed by atoms with Crippen LogP contribution in [0.25, 0.3) is 11.0 Å². The Labute approximate surface area is 140 Å². The zero-order valence-electron chi connectivity index (χ0n) is 14.1. The zero-order chi connectivity index (χ0) is 17.4. The summed E-state index contributed by atoms with van der Waals surface area (Å²) in [6, 6.07) is 1.97. The number of rotatable bonds is 3. The maximum absolute atomic E-state index is 12.8. The van der Waals surface area contributed by atoms with Crippen molar-refractivity contribution in [3.05, 3.63) is 24.0 Å². The van der Waals surface area contributed by atoms with Gasteiger partial charge in [0, 0.05) is 30.7 Å². The fourth-order valence-corrected chi connectivity index (χ4v) is 3.31. The second kappa shape index (κ2) is 6.22. The van der Waals surface area contributed by atoms with E-state index in [1.807, 2.05) is 25.5 Å². The number of carboxylic acid groups (broad SMARTS) is 1. The molecule has 1 N–H and O–H groups in total. The van der Waals surface area contributed by atoms with E-state index >= 15 is 0 Å². The van der Waals surface area contributed by atoms with Gasteiger partial charge in [-0.15, -0.1) is 0 Å². The number of nitrogens with zero attached hydrogens (tertiary/aromatic N) is 4. The van der Waals surface area contributed by atoms with Crippen LogP contribution >= 0.6 is 0 Å². The minimum Gasteiger partial charge on any atom is -0.481 e. The summed E-state index contributed by atoms with van der Waals surface area (Å²) < 4.78 is 1.81. The summed E-state index contributed by atoms with van der Waals surface area (Å²) in [7, 11) is 0. The molecule has 1 fully saturated rings. The summed E-state index contributed by atoms with van der Waals surface area (Å²) >= 11 is 0. The number of amides is 1. The van der Waals surface area contributed by atoms with Gasteiger partial charge in [-0.25, -0.2) is 9.67 Å². The Kier molecular flexibility index (Phi) is 4.26. The van der Waals surface area contributed by atoms with E-state index in [4.69, 9.17) is 0 Å². The van der Waals surface area contributed by atoms with Crippen molar-refractivity contribution in [2.45, 2.75) is 33.2 Å². The molecule has 0 bridgehead atoms. The quantitative estimate of drug-likeness (QED) is 0.932. The molecule has 2 aromatic rings. The Balaban J connectivity index is 1.86. The first kappa shape index (κ1) is 16.4. The first-order chi connectivity index (χ1) is 11.4. The van der Waals surface area contributed by atoms with E-state index in [0.717, 1.165) is 11.0 Å². The molecule has 24 heavy (non-hydrogen) atoms. The van der Waals surface area contributed by atoms with Gasteiger partial charge in [-0.05, 0) is 32.3 Å². The smallest absolute Gasteiger partial charge is 0.308 e. The summed E-state index contributed by atoms with van der Waals surface area (Å²) in [5, 5.41) is 14.4. The largest absolute Gasteiger partial charge is 0.481 e. The van der Waals surface area contributed by atoms with E-state index in [2.05, 4.69) is 10.1 Å². The number of aromatic nitrogens is 3. The van der Waals surface area contributed by atoms with Crippen molar-refractivity contribution in [2.24, 2.45) is 11.8 Å². The summed E-state index contributed by atoms with van der Waals surface area (Å²) in [5.74, 6) is -1.34. The molecule has 3 heterocycles. The molecule has 2 aromatic heterocycles. The lowest BCUT2D eigenvalue weighted by atomic mass is 9.90. The first-order valence-corrected chi connectivity index (χ1v) is 8.22. The summed E-state index contributed by atoms with van der Waals surface area (Å²) in [5.41, 5.74) is 1.22. The van der Waals surface area contributed by atoms with Crippen molar-refractivity contribution < 1.29 is 14.7 Å². The van der Waals surface area contributed by atoms with Crippen molar-refractivity contribution in [3.8, 4) is 0 Å². The predicted octanol–water partition coefficient (Wildman–Crippen LogP) is 2.20. The number of carbonyl (C=O) groups excluding carboxylic acids is 1. The van der Waals surface area contributed by atoms with Crippen LogP contribution in [0.2, 0.25) is 0 Å². The van der Waals surface area contributed by atoms with Gasteiger partial charge in [0.1, 0.15) is 0 Å². The van der Waals surface area contributed by atoms with E-state index in [-0.39, 0.29) is 24.4 Å². The number of hydrogen-bond acceptors (Lipinski definition) is 4. The van der Waals surface area contributed by atoms with Gasteiger partial charge in [0.25, 0.3) is 5.91 Å². The number of pyridine rings is 1. The SMILES string of the molecule is CC1CC(C(=O)O)CN(C(=O)c2cnc3c(cnn3C(C)C)c2)C1. The van der Waals surface area contributed by atoms with E-state index in [1.165, 1.54) is 0 Å². The average Bonchev–Trinajstić information content (AvgIpc) is 2.96. The van der Waals surface area contributed by atoms with Crippen LogP contribution in [0.4, 0.5) is 0 Å². The number of likely N-dealkylation sites (tertiary alicyclic amines) is 1. The number of carboxylic acids is 1. The van der Waals surface area contributed by atoms with Crippen molar-refractivity contribution in [2.75, 3.05) is 13.1 Å². The second-order valence-electron chi connectivity index (χ2n) is 6.91. The van der Waals surface area contributed by atoms with Crippen LogP contribution in [0.3, 0.4) is 0 Å². The Morgan fingerprint density at radius 3 is 2.71 bits per heavy atom. The molecular formula is C17H22N4O3. The predicted molar refractivity (Wildman–Crippen MR) is 88.7 cm³/mol. The molecule has 0 radical (unpaired) electrons. The molecule has 1 aliphatic heterocycles. The van der Waals surface area contributed by atoms with Crippen molar-refractivity contribution >= 4 is 22.9 Å². The zero-order valence-corrected chi connectivity index (χ0v) is 14.1. The highest BCUT2D eigenvalue weighted by Gasteiger charge is 2.32. The molecule has 0 aromatic carbocycles. The normalized spacial score (nSPS) is 21.4. The Hall–Kier alpha value is -2.44. The van der Waals surface area contributed by atoms with Gasteiger partial charge < -0.3 is 10.0 Å². The molecule has 0 saturated carbocycles. The fraction of sp³-hybridized carbons (Fsp3) is 0.529. The number of aliphatic carboxylic acids is 1. The molecule has 1 amide bonds. The van der Waals surface area contributed by atoms with Crippen LogP contribution in [0.1, 0.15) is 43.6 Å². The van der Waals surface area contributed by atoms with E-state index in [9.17, 15) is 14.7 Å². The van der Waals surface area contributed by atoms with E-state index in [1.54, 1.807) is 23.4 Å². The van der Waals surface area contributed by atoms with Gasteiger partial charge in [0.15, 0.2) is 5.65 Å². The van der Waals surface area contributed by atoms with Gasteiger partial charge in [-0.3, -0.25) is 9.59 Å². The van der Waals surface area contributed by atoms with Crippen LogP contribution in [0.5, 0.6) is 0 Å². The Morgan fingerprint density at radius 2 is 2.04 bits per heavy atom. The van der Waals surface area contributed by atoms with Crippen LogP contribution in [-0.4, -0.2) is 49.7 Å². The molecule has 7 nitrogen and oxygen atoms in total. The van der Waals surface area contributed by atoms with Crippen molar-refractivity contribution in [1.29, 1.82) is 0 Å². The summed E-state index contributed by atoms with van der Waals surface area (Å²) in [6.45, 7) is 6.85. The van der Waals surface area contributed by atoms with Gasteiger partial charge in [-0.1, -0.05) is 6.92 Å². The van der Waals surface area contributed by atoms with Gasteiger partial charge in [0.2, 0.25) is 0 Å². The molecular weight excluding hydrogens is 308 g/mol. The fourth-order valence-electron chi connectivity index (χ4n) is 3.31. The van der Waals surface area contributed by atoms with Crippen molar-refractivity contribution in [1.82, 2.24) is 19.7 Å². The third-order valence-corrected chi connectivity index (χ3v) is 4.47. The van der Waals surface area contributed by atoms with Gasteiger partial charge in [0.05, 0.1) is 17.7 Å². The van der Waals surface area contributed by atoms with Gasteiger partial charge in [-0.2, -0.15) is 5.10 Å². The highest BCUT2D eigenvalue weighted by atomic mass is 16.4. The minimum absolute atomic E-state index is 0.167. The second-order valence-corrected chi connectivity index (χ2v) is 6.91. The van der Waals surface area contributed by atoms with Crippen LogP contribution in [0.15, 0.2) is 18.5 Å². The standard InChI is InChI=1S/C17H22N4O3/c1-10(2)21-15-12(7-19-21)5-13(6-18-15)16(22)20-8-11(3)4-14(9-20)17(23)24/h5-7,10-11,14H,4,8-9H2,1-3H3,(H,23,24). The molecule has 0 spiro atoms. The van der Waals surface area contributed by atoms with Crippen LogP contribution < -0.4 is 0 Å². The highest BCUT2D eigenvalue weighted by Crippen LogP contribution is 2.24. The summed E-state index contributed by atoms with van der Waals surface area (Å²) in [6.07, 6.45) is 3.87. The highest BCUT2D eigenvalue weighted by molar-refractivity contribution is 5.97. The molecule has 3 rings (SSSR count). The number of hydrogen-bond donors (Lipinski definition) is 1. The third kappa shape index (κ3) is 2.98. The van der Waals surface area contributed by atoms with Crippen LogP contribution in [0, 0.1) is 11.8 Å². The molecule has 0 aliphatic carbocycles. The maximum atomic E-state index is 12.8. The third-order valence-electron chi connectivity index (χ3n) is 4.47. The lowest BCUT2D eigenvalue weighted by molar-refractivity contribution is -0.143. The van der Waals surface area contributed by atoms with Crippen molar-refractivity contribution in [3.63, 3.8) is 0 Å². The molecule has 128 valence electrons. The van der Waals surface area contributed by atoms with Crippen LogP contribution in [-0.2, 0) is 4.79 Å². The number of piperidine rings is 1. The molecule has 7 heteroatoms. The number of fused-ring (bicyclic) bond motifs is 1. The maximum Gasteiger partial charge on any atom is 0.308 e. The minimum atomic E-state index is -0.842. The summed E-state index contributed by atoms with van der Waals surface area (Å²) in [4.78, 5) is 30.1. The molecule has 1 aliphatic rings. The molecule has 2 atom stereocenters. The molecule has 1 saturated heterocycles. The van der Waals surface area contributed by atoms with E-state index < -0.39 is 11.9 Å². The lowest BCUT2D eigenvalue weighted by Gasteiger charge is -2.34. The Morgan fingerprint density at radius 1 is 1.29 bits per heavy atom. The lowest BCUT2D eigenvalue weighted by Crippen LogP contribution is -2.45. The van der Waals surface area contributed by atoms with Gasteiger partial charge >= 0.3 is 5.97 Å². The first-order valence-electron chi connectivity index (χ1n) is 8.22. The average molecular weight is 330 g/mol. The Bertz CT molecular complexity index is 783. The topological polar surface area (TPSA) is 88.3 Å². The number of carbonyl (C=O) groups is 2. The molecule has 2 unspecified atom stereocenters. The monoisotopic (exact) mass is 330 g/mol.